The Morgan fingerprint density at radius 3 is 2.74 bits per heavy atom. The van der Waals surface area contributed by atoms with E-state index < -0.39 is 0 Å². The molecule has 1 N–H and O–H groups in total. The summed E-state index contributed by atoms with van der Waals surface area (Å²) in [4.78, 5) is 9.54. The number of nitrogens with zero attached hydrogens (tertiary/aromatic N) is 2. The van der Waals surface area contributed by atoms with Gasteiger partial charge >= 0.3 is 0 Å². The van der Waals surface area contributed by atoms with E-state index in [2.05, 4.69) is 22.2 Å². The number of aromatic nitrogens is 2. The molecule has 4 nitrogen and oxygen atoms in total. The first-order chi connectivity index (χ1) is 9.30. The average Bonchev–Trinajstić information content (AvgIpc) is 2.47. The minimum Gasteiger partial charge on any atom is -0.437 e. The predicted octanol–water partition coefficient (Wildman–Crippen LogP) is 3.59. The van der Waals surface area contributed by atoms with Crippen LogP contribution in [0.25, 0.3) is 0 Å². The van der Waals surface area contributed by atoms with Gasteiger partial charge in [0.05, 0.1) is 5.56 Å². The number of thioether (sulfide) groups is 1. The maximum Gasteiger partial charge on any atom is 0.227 e. The van der Waals surface area contributed by atoms with Gasteiger partial charge in [0, 0.05) is 11.9 Å². The number of para-hydroxylation sites is 1. The van der Waals surface area contributed by atoms with E-state index in [-0.39, 0.29) is 0 Å². The standard InChI is InChI=1S/C14H17N3OS/c1-4-10-13(15-2)16-9-17-14(10)18-11-7-5-6-8-12(11)19-3/h5-9H,4H2,1-3H3,(H,15,16,17). The number of ether oxygens (including phenoxy) is 1. The SMILES string of the molecule is CCc1c(NC)ncnc1Oc1ccccc1SC. The van der Waals surface area contributed by atoms with Crippen LogP contribution in [0.1, 0.15) is 12.5 Å². The molecule has 0 aliphatic rings. The minimum absolute atomic E-state index is 0.614. The highest BCUT2D eigenvalue weighted by atomic mass is 32.2. The van der Waals surface area contributed by atoms with Crippen LogP contribution in [0.4, 0.5) is 5.82 Å². The molecule has 19 heavy (non-hydrogen) atoms. The lowest BCUT2D eigenvalue weighted by Crippen LogP contribution is -2.02. The Hall–Kier alpha value is -1.75. The molecular weight excluding hydrogens is 258 g/mol. The van der Waals surface area contributed by atoms with Gasteiger partial charge in [-0.1, -0.05) is 19.1 Å². The number of anilines is 1. The summed E-state index contributed by atoms with van der Waals surface area (Å²) in [5.41, 5.74) is 0.987. The highest BCUT2D eigenvalue weighted by molar-refractivity contribution is 7.98. The largest absolute Gasteiger partial charge is 0.437 e. The van der Waals surface area contributed by atoms with Crippen LogP contribution in [-0.4, -0.2) is 23.3 Å². The maximum atomic E-state index is 5.95. The molecular formula is C14H17N3OS. The molecule has 1 aromatic heterocycles. The predicted molar refractivity (Wildman–Crippen MR) is 79.3 cm³/mol. The Labute approximate surface area is 117 Å². The first-order valence-corrected chi connectivity index (χ1v) is 7.35. The van der Waals surface area contributed by atoms with E-state index in [1.807, 2.05) is 37.6 Å². The van der Waals surface area contributed by atoms with Crippen molar-refractivity contribution in [1.82, 2.24) is 9.97 Å². The summed E-state index contributed by atoms with van der Waals surface area (Å²) in [7, 11) is 1.85. The fourth-order valence-corrected chi connectivity index (χ4v) is 2.35. The third-order valence-electron chi connectivity index (χ3n) is 2.77. The molecule has 5 heteroatoms. The van der Waals surface area contributed by atoms with Crippen molar-refractivity contribution in [1.29, 1.82) is 0 Å². The van der Waals surface area contributed by atoms with Crippen molar-refractivity contribution < 1.29 is 4.74 Å². The molecule has 0 unspecified atom stereocenters. The molecule has 0 saturated heterocycles. The normalized spacial score (nSPS) is 10.3. The Morgan fingerprint density at radius 2 is 2.05 bits per heavy atom. The average molecular weight is 275 g/mol. The molecule has 0 spiro atoms. The van der Waals surface area contributed by atoms with E-state index in [0.29, 0.717) is 5.88 Å². The Balaban J connectivity index is 2.38. The molecule has 2 rings (SSSR count). The van der Waals surface area contributed by atoms with Crippen molar-refractivity contribution in [3.63, 3.8) is 0 Å². The van der Waals surface area contributed by atoms with Gasteiger partial charge in [0.1, 0.15) is 17.9 Å². The van der Waals surface area contributed by atoms with Gasteiger partial charge in [-0.2, -0.15) is 0 Å². The number of hydrogen-bond acceptors (Lipinski definition) is 5. The summed E-state index contributed by atoms with van der Waals surface area (Å²) in [6.45, 7) is 2.06. The van der Waals surface area contributed by atoms with Crippen molar-refractivity contribution in [3.8, 4) is 11.6 Å². The van der Waals surface area contributed by atoms with Gasteiger partial charge < -0.3 is 10.1 Å². The number of hydrogen-bond donors (Lipinski definition) is 1. The summed E-state index contributed by atoms with van der Waals surface area (Å²) < 4.78 is 5.95. The smallest absolute Gasteiger partial charge is 0.227 e. The van der Waals surface area contributed by atoms with Crippen LogP contribution in [0.2, 0.25) is 0 Å². The van der Waals surface area contributed by atoms with Crippen LogP contribution in [0.15, 0.2) is 35.5 Å². The minimum atomic E-state index is 0.614. The summed E-state index contributed by atoms with van der Waals surface area (Å²) >= 11 is 1.65. The second-order valence-electron chi connectivity index (χ2n) is 3.86. The Bertz CT molecular complexity index is 560. The van der Waals surface area contributed by atoms with Gasteiger partial charge in [-0.3, -0.25) is 0 Å². The molecule has 0 aliphatic carbocycles. The van der Waals surface area contributed by atoms with E-state index in [4.69, 9.17) is 4.74 Å². The first kappa shape index (κ1) is 13.7. The Kier molecular flexibility index (Phi) is 4.63. The van der Waals surface area contributed by atoms with E-state index in [0.717, 1.165) is 28.4 Å². The summed E-state index contributed by atoms with van der Waals surface area (Å²) in [5.74, 6) is 2.25. The molecule has 0 fully saturated rings. The number of benzene rings is 1. The molecule has 0 bridgehead atoms. The summed E-state index contributed by atoms with van der Waals surface area (Å²) in [6.07, 6.45) is 4.36. The molecule has 0 atom stereocenters. The van der Waals surface area contributed by atoms with Crippen molar-refractivity contribution in [2.75, 3.05) is 18.6 Å². The van der Waals surface area contributed by atoms with Crippen LogP contribution >= 0.6 is 11.8 Å². The van der Waals surface area contributed by atoms with Crippen LogP contribution in [0.5, 0.6) is 11.6 Å². The lowest BCUT2D eigenvalue weighted by Gasteiger charge is -2.13. The van der Waals surface area contributed by atoms with Gasteiger partial charge in [0.25, 0.3) is 0 Å². The van der Waals surface area contributed by atoms with Crippen LogP contribution in [0, 0.1) is 0 Å². The molecule has 0 aliphatic heterocycles. The third kappa shape index (κ3) is 2.98. The topological polar surface area (TPSA) is 47.0 Å². The van der Waals surface area contributed by atoms with E-state index in [1.54, 1.807) is 11.8 Å². The van der Waals surface area contributed by atoms with Gasteiger partial charge in [-0.25, -0.2) is 9.97 Å². The zero-order chi connectivity index (χ0) is 13.7. The zero-order valence-corrected chi connectivity index (χ0v) is 12.1. The number of nitrogens with one attached hydrogen (secondary N) is 1. The van der Waals surface area contributed by atoms with Crippen LogP contribution < -0.4 is 10.1 Å². The second-order valence-corrected chi connectivity index (χ2v) is 4.71. The van der Waals surface area contributed by atoms with Crippen molar-refractivity contribution in [2.24, 2.45) is 0 Å². The highest BCUT2D eigenvalue weighted by Crippen LogP contribution is 2.33. The molecule has 2 aromatic rings. The van der Waals surface area contributed by atoms with Gasteiger partial charge in [-0.05, 0) is 24.8 Å². The first-order valence-electron chi connectivity index (χ1n) is 6.12. The van der Waals surface area contributed by atoms with Crippen LogP contribution in [0.3, 0.4) is 0 Å². The van der Waals surface area contributed by atoms with E-state index in [1.165, 1.54) is 6.33 Å². The molecule has 1 heterocycles. The van der Waals surface area contributed by atoms with Crippen LogP contribution in [-0.2, 0) is 6.42 Å². The maximum absolute atomic E-state index is 5.95. The van der Waals surface area contributed by atoms with Crippen molar-refractivity contribution in [2.45, 2.75) is 18.2 Å². The molecule has 1 aromatic carbocycles. The van der Waals surface area contributed by atoms with Gasteiger partial charge in [-0.15, -0.1) is 11.8 Å². The quantitative estimate of drug-likeness (QED) is 0.845. The Morgan fingerprint density at radius 1 is 1.26 bits per heavy atom. The van der Waals surface area contributed by atoms with Gasteiger partial charge in [0.2, 0.25) is 5.88 Å². The summed E-state index contributed by atoms with van der Waals surface area (Å²) in [5, 5.41) is 3.06. The third-order valence-corrected chi connectivity index (χ3v) is 3.55. The molecule has 100 valence electrons. The lowest BCUT2D eigenvalue weighted by atomic mass is 10.2. The van der Waals surface area contributed by atoms with E-state index in [9.17, 15) is 0 Å². The summed E-state index contributed by atoms with van der Waals surface area (Å²) in [6, 6.07) is 7.94. The van der Waals surface area contributed by atoms with E-state index >= 15 is 0 Å². The monoisotopic (exact) mass is 275 g/mol. The zero-order valence-electron chi connectivity index (χ0n) is 11.3. The van der Waals surface area contributed by atoms with Crippen molar-refractivity contribution >= 4 is 17.6 Å². The molecule has 0 amide bonds. The molecule has 0 saturated carbocycles. The van der Waals surface area contributed by atoms with Crippen molar-refractivity contribution in [3.05, 3.63) is 36.2 Å². The fourth-order valence-electron chi connectivity index (χ4n) is 1.83. The lowest BCUT2D eigenvalue weighted by molar-refractivity contribution is 0.445. The number of rotatable bonds is 5. The van der Waals surface area contributed by atoms with Gasteiger partial charge in [0.15, 0.2) is 0 Å². The fraction of sp³-hybridized carbons (Fsp3) is 0.286. The molecule has 0 radical (unpaired) electrons. The highest BCUT2D eigenvalue weighted by Gasteiger charge is 2.12. The second kappa shape index (κ2) is 6.43.